The molecule has 16 heavy (non-hydrogen) atoms. The second-order valence-corrected chi connectivity index (χ2v) is 3.78. The molecule has 0 fully saturated rings. The lowest BCUT2D eigenvalue weighted by atomic mass is 10.0. The van der Waals surface area contributed by atoms with Crippen LogP contribution in [0.15, 0.2) is 24.3 Å². The largest absolute Gasteiger partial charge is 0.416 e. The van der Waals surface area contributed by atoms with Crippen LogP contribution in [0.1, 0.15) is 43.4 Å². The molecule has 1 atom stereocenters. The minimum atomic E-state index is -4.35. The van der Waals surface area contributed by atoms with E-state index in [1.807, 2.05) is 6.92 Å². The highest BCUT2D eigenvalue weighted by Crippen LogP contribution is 2.31. The second-order valence-electron chi connectivity index (χ2n) is 3.78. The van der Waals surface area contributed by atoms with E-state index in [9.17, 15) is 18.3 Å². The number of halogens is 3. The van der Waals surface area contributed by atoms with E-state index in [-0.39, 0.29) is 0 Å². The molecule has 1 N–H and O–H groups in total. The molecule has 0 aromatic heterocycles. The van der Waals surface area contributed by atoms with Crippen molar-refractivity contribution in [2.45, 2.75) is 38.5 Å². The van der Waals surface area contributed by atoms with Crippen LogP contribution in [0.2, 0.25) is 0 Å². The van der Waals surface area contributed by atoms with Gasteiger partial charge in [-0.25, -0.2) is 0 Å². The molecule has 1 aromatic rings. The number of hydrogen-bond acceptors (Lipinski definition) is 1. The van der Waals surface area contributed by atoms with Crippen LogP contribution >= 0.6 is 0 Å². The Morgan fingerprint density at radius 2 is 2.00 bits per heavy atom. The predicted octanol–water partition coefficient (Wildman–Crippen LogP) is 3.93. The third-order valence-corrected chi connectivity index (χ3v) is 2.43. The van der Waals surface area contributed by atoms with Gasteiger partial charge in [0.1, 0.15) is 0 Å². The normalized spacial score (nSPS) is 13.8. The Morgan fingerprint density at radius 3 is 2.56 bits per heavy atom. The van der Waals surface area contributed by atoms with Gasteiger partial charge in [0.15, 0.2) is 0 Å². The van der Waals surface area contributed by atoms with Crippen molar-refractivity contribution in [3.8, 4) is 0 Å². The molecule has 0 saturated heterocycles. The molecule has 0 spiro atoms. The van der Waals surface area contributed by atoms with Crippen molar-refractivity contribution in [1.29, 1.82) is 0 Å². The van der Waals surface area contributed by atoms with Crippen LogP contribution in [0.3, 0.4) is 0 Å². The van der Waals surface area contributed by atoms with E-state index in [2.05, 4.69) is 0 Å². The van der Waals surface area contributed by atoms with E-state index in [4.69, 9.17) is 0 Å². The summed E-state index contributed by atoms with van der Waals surface area (Å²) < 4.78 is 37.2. The number of aliphatic hydroxyl groups excluding tert-OH is 1. The maximum atomic E-state index is 12.4. The van der Waals surface area contributed by atoms with Crippen molar-refractivity contribution >= 4 is 0 Å². The van der Waals surface area contributed by atoms with Gasteiger partial charge in [0.05, 0.1) is 11.7 Å². The van der Waals surface area contributed by atoms with E-state index in [1.165, 1.54) is 12.1 Å². The van der Waals surface area contributed by atoms with Gasteiger partial charge >= 0.3 is 6.18 Å². The number of unbranched alkanes of at least 4 members (excludes halogenated alkanes) is 1. The van der Waals surface area contributed by atoms with Crippen LogP contribution in [-0.2, 0) is 6.18 Å². The zero-order chi connectivity index (χ0) is 12.2. The van der Waals surface area contributed by atoms with Crippen LogP contribution in [-0.4, -0.2) is 5.11 Å². The van der Waals surface area contributed by atoms with E-state index in [0.29, 0.717) is 12.0 Å². The highest BCUT2D eigenvalue weighted by atomic mass is 19.4. The first-order valence-corrected chi connectivity index (χ1v) is 5.30. The van der Waals surface area contributed by atoms with Gasteiger partial charge < -0.3 is 5.11 Å². The molecular weight excluding hydrogens is 217 g/mol. The fourth-order valence-corrected chi connectivity index (χ4v) is 1.49. The van der Waals surface area contributed by atoms with Gasteiger partial charge in [0.2, 0.25) is 0 Å². The Bertz CT molecular complexity index is 333. The summed E-state index contributed by atoms with van der Waals surface area (Å²) in [7, 11) is 0. The fourth-order valence-electron chi connectivity index (χ4n) is 1.49. The number of aliphatic hydroxyl groups is 1. The highest BCUT2D eigenvalue weighted by Gasteiger charge is 2.30. The third kappa shape index (κ3) is 3.52. The first-order valence-electron chi connectivity index (χ1n) is 5.30. The molecule has 4 heteroatoms. The molecule has 1 nitrogen and oxygen atoms in total. The lowest BCUT2D eigenvalue weighted by molar-refractivity contribution is -0.137. The Hall–Kier alpha value is -1.03. The van der Waals surface area contributed by atoms with Crippen molar-refractivity contribution in [2.75, 3.05) is 0 Å². The summed E-state index contributed by atoms with van der Waals surface area (Å²) in [5, 5.41) is 9.67. The molecule has 0 bridgehead atoms. The average molecular weight is 232 g/mol. The van der Waals surface area contributed by atoms with Crippen LogP contribution in [0, 0.1) is 0 Å². The van der Waals surface area contributed by atoms with Crippen molar-refractivity contribution in [3.63, 3.8) is 0 Å². The zero-order valence-corrected chi connectivity index (χ0v) is 9.09. The molecule has 1 unspecified atom stereocenters. The van der Waals surface area contributed by atoms with E-state index in [0.717, 1.165) is 25.0 Å². The van der Waals surface area contributed by atoms with Crippen molar-refractivity contribution in [2.24, 2.45) is 0 Å². The monoisotopic (exact) mass is 232 g/mol. The standard InChI is InChI=1S/C12H15F3O/c1-2-3-7-11(16)9-5-4-6-10(8-9)12(13,14)15/h4-6,8,11,16H,2-3,7H2,1H3. The second kappa shape index (κ2) is 5.34. The summed E-state index contributed by atoms with van der Waals surface area (Å²) >= 11 is 0. The number of benzene rings is 1. The molecule has 0 saturated carbocycles. The van der Waals surface area contributed by atoms with Crippen LogP contribution in [0.25, 0.3) is 0 Å². The van der Waals surface area contributed by atoms with Gasteiger partial charge in [-0.3, -0.25) is 0 Å². The first-order chi connectivity index (χ1) is 7.45. The highest BCUT2D eigenvalue weighted by molar-refractivity contribution is 5.27. The lowest BCUT2D eigenvalue weighted by Crippen LogP contribution is -2.06. The van der Waals surface area contributed by atoms with E-state index in [1.54, 1.807) is 0 Å². The van der Waals surface area contributed by atoms with Crippen LogP contribution in [0.4, 0.5) is 13.2 Å². The molecule has 1 aromatic carbocycles. The average Bonchev–Trinajstić information content (AvgIpc) is 2.25. The van der Waals surface area contributed by atoms with Gasteiger partial charge in [-0.2, -0.15) is 13.2 Å². The quantitative estimate of drug-likeness (QED) is 0.833. The summed E-state index contributed by atoms with van der Waals surface area (Å²) in [4.78, 5) is 0. The maximum absolute atomic E-state index is 12.4. The molecule has 0 aliphatic rings. The molecule has 0 aliphatic heterocycles. The Kier molecular flexibility index (Phi) is 4.35. The predicted molar refractivity (Wildman–Crippen MR) is 55.9 cm³/mol. The van der Waals surface area contributed by atoms with Crippen LogP contribution < -0.4 is 0 Å². The first kappa shape index (κ1) is 13.0. The van der Waals surface area contributed by atoms with Gasteiger partial charge in [0.25, 0.3) is 0 Å². The molecule has 90 valence electrons. The molecular formula is C12H15F3O. The van der Waals surface area contributed by atoms with Gasteiger partial charge in [-0.1, -0.05) is 31.9 Å². The minimum absolute atomic E-state index is 0.336. The summed E-state index contributed by atoms with van der Waals surface area (Å²) in [5.41, 5.74) is -0.371. The molecule has 0 amide bonds. The Balaban J connectivity index is 2.82. The molecule has 0 heterocycles. The lowest BCUT2D eigenvalue weighted by Gasteiger charge is -2.13. The van der Waals surface area contributed by atoms with Crippen molar-refractivity contribution in [3.05, 3.63) is 35.4 Å². The summed E-state index contributed by atoms with van der Waals surface area (Å²) in [6.45, 7) is 1.97. The maximum Gasteiger partial charge on any atom is 0.416 e. The van der Waals surface area contributed by atoms with E-state index < -0.39 is 17.8 Å². The topological polar surface area (TPSA) is 20.2 Å². The van der Waals surface area contributed by atoms with Crippen molar-refractivity contribution in [1.82, 2.24) is 0 Å². The number of rotatable bonds is 4. The minimum Gasteiger partial charge on any atom is -0.388 e. The third-order valence-electron chi connectivity index (χ3n) is 2.43. The Labute approximate surface area is 92.9 Å². The molecule has 0 aliphatic carbocycles. The van der Waals surface area contributed by atoms with Gasteiger partial charge in [-0.05, 0) is 24.1 Å². The summed E-state index contributed by atoms with van der Waals surface area (Å²) in [5.74, 6) is 0. The zero-order valence-electron chi connectivity index (χ0n) is 9.09. The van der Waals surface area contributed by atoms with Crippen LogP contribution in [0.5, 0.6) is 0 Å². The molecule has 1 rings (SSSR count). The van der Waals surface area contributed by atoms with Gasteiger partial charge in [-0.15, -0.1) is 0 Å². The van der Waals surface area contributed by atoms with Crippen molar-refractivity contribution < 1.29 is 18.3 Å². The summed E-state index contributed by atoms with van der Waals surface area (Å²) in [6.07, 6.45) is -2.94. The number of hydrogen-bond donors (Lipinski definition) is 1. The van der Waals surface area contributed by atoms with E-state index >= 15 is 0 Å². The van der Waals surface area contributed by atoms with Gasteiger partial charge in [0, 0.05) is 0 Å². The fraction of sp³-hybridized carbons (Fsp3) is 0.500. The number of alkyl halides is 3. The SMILES string of the molecule is CCCCC(O)c1cccc(C(F)(F)F)c1. The smallest absolute Gasteiger partial charge is 0.388 e. The molecule has 0 radical (unpaired) electrons. The summed E-state index contributed by atoms with van der Waals surface area (Å²) in [6, 6.07) is 4.87. The Morgan fingerprint density at radius 1 is 1.31 bits per heavy atom.